The number of ether oxygens (including phenoxy) is 5. The molecule has 0 fully saturated rings. The molecule has 6 atom stereocenters. The average Bonchev–Trinajstić information content (AvgIpc) is 2.91. The average molecular weight is 575 g/mol. The lowest BCUT2D eigenvalue weighted by Crippen LogP contribution is -2.38. The van der Waals surface area contributed by atoms with Crippen molar-refractivity contribution >= 4 is 23.6 Å². The third-order valence-corrected chi connectivity index (χ3v) is 7.18. The Labute approximate surface area is 241 Å². The zero-order valence-electron chi connectivity index (χ0n) is 25.0. The number of hydrogen-bond acceptors (Lipinski definition) is 9. The Morgan fingerprint density at radius 1 is 1.02 bits per heavy atom. The monoisotopic (exact) mass is 574 g/mol. The maximum atomic E-state index is 13.4. The van der Waals surface area contributed by atoms with Gasteiger partial charge < -0.3 is 34.7 Å². The molecule has 1 aliphatic carbocycles. The highest BCUT2D eigenvalue weighted by Crippen LogP contribution is 2.30. The summed E-state index contributed by atoms with van der Waals surface area (Å²) in [5, 5.41) is 2.55. The van der Waals surface area contributed by atoms with Gasteiger partial charge in [0.15, 0.2) is 11.9 Å². The predicted molar refractivity (Wildman–Crippen MR) is 151 cm³/mol. The summed E-state index contributed by atoms with van der Waals surface area (Å²) in [4.78, 5) is 50.9. The fraction of sp³-hybridized carbons (Fsp3) is 0.533. The molecule has 0 saturated heterocycles. The molecule has 0 aromatic carbocycles. The van der Waals surface area contributed by atoms with Gasteiger partial charge in [0.1, 0.15) is 6.10 Å². The van der Waals surface area contributed by atoms with Crippen molar-refractivity contribution in [3.05, 3.63) is 58.6 Å². The standard InChI is InChI=1S/C30H42N2O9/c1-16-12-20-25(34)21(15-22(33)28(20)40-8)32-29(35)17(2)10-9-11-23(37-5)27(41-30(31)36)19(4)14-18(3)26(39-7)24(13-16)38-6/h9-11,14-16,18,23-24,26-27H,12-13H2,1-8H3,(H2,31,36)(H,32,35)/b11-9+,17-10+,19-14+/t16-,18+,23+,24+,26-,27+/m1/s1. The van der Waals surface area contributed by atoms with Gasteiger partial charge in [-0.2, -0.15) is 0 Å². The van der Waals surface area contributed by atoms with Crippen molar-refractivity contribution in [2.24, 2.45) is 17.6 Å². The number of allylic oxidation sites excluding steroid dienone is 4. The highest BCUT2D eigenvalue weighted by atomic mass is 16.6. The molecule has 2 aliphatic rings. The van der Waals surface area contributed by atoms with Gasteiger partial charge in [0.2, 0.25) is 11.6 Å². The number of nitrogens with one attached hydrogen (secondary N) is 1. The first kappa shape index (κ1) is 33.7. The Bertz CT molecular complexity index is 1160. The van der Waals surface area contributed by atoms with E-state index in [0.717, 1.165) is 6.08 Å². The van der Waals surface area contributed by atoms with E-state index in [-0.39, 0.29) is 40.9 Å². The van der Waals surface area contributed by atoms with Crippen LogP contribution in [0, 0.1) is 11.8 Å². The fourth-order valence-electron chi connectivity index (χ4n) is 5.13. The Morgan fingerprint density at radius 2 is 1.71 bits per heavy atom. The van der Waals surface area contributed by atoms with Crippen molar-refractivity contribution in [3.8, 4) is 0 Å². The SMILES string of the molecule is COC1=C2C[C@@H](C)C[C@H](OC)[C@H](OC)[C@@H](C)/C=C(\C)[C@H](OC(N)=O)[C@@H](OC)/C=C/C=C(\C)C(=O)NC(=CC1=O)C2=O. The Hall–Kier alpha value is -3.54. The smallest absolute Gasteiger partial charge is 0.405 e. The number of fused-ring (bicyclic) bond motifs is 2. The van der Waals surface area contributed by atoms with E-state index >= 15 is 0 Å². The second kappa shape index (κ2) is 15.5. The number of ketones is 2. The van der Waals surface area contributed by atoms with Crippen LogP contribution in [0.2, 0.25) is 0 Å². The molecule has 11 heteroatoms. The largest absolute Gasteiger partial charge is 0.492 e. The molecule has 0 saturated carbocycles. The summed E-state index contributed by atoms with van der Waals surface area (Å²) in [5.41, 5.74) is 6.36. The van der Waals surface area contributed by atoms with E-state index in [1.807, 2.05) is 19.9 Å². The molecule has 2 bridgehead atoms. The van der Waals surface area contributed by atoms with Gasteiger partial charge in [0.25, 0.3) is 5.91 Å². The first-order valence-corrected chi connectivity index (χ1v) is 13.3. The normalized spacial score (nSPS) is 32.2. The van der Waals surface area contributed by atoms with Crippen LogP contribution in [0.15, 0.2) is 58.6 Å². The molecular formula is C30H42N2O9. The van der Waals surface area contributed by atoms with E-state index in [0.29, 0.717) is 12.0 Å². The number of amides is 2. The molecule has 11 nitrogen and oxygen atoms in total. The van der Waals surface area contributed by atoms with Crippen molar-refractivity contribution < 1.29 is 42.9 Å². The number of nitrogens with two attached hydrogens (primary N) is 1. The lowest BCUT2D eigenvalue weighted by molar-refractivity contribution is -0.120. The molecule has 1 heterocycles. The van der Waals surface area contributed by atoms with Crippen molar-refractivity contribution in [2.75, 3.05) is 28.4 Å². The van der Waals surface area contributed by atoms with Gasteiger partial charge >= 0.3 is 6.09 Å². The maximum absolute atomic E-state index is 13.4. The number of methoxy groups -OCH3 is 4. The summed E-state index contributed by atoms with van der Waals surface area (Å²) in [5.74, 6) is -1.95. The van der Waals surface area contributed by atoms with Crippen LogP contribution in [-0.2, 0) is 38.1 Å². The van der Waals surface area contributed by atoms with Gasteiger partial charge in [-0.25, -0.2) is 4.79 Å². The number of carbonyl (C=O) groups is 4. The number of carbonyl (C=O) groups excluding carboxylic acids is 4. The zero-order chi connectivity index (χ0) is 30.9. The molecule has 2 rings (SSSR count). The van der Waals surface area contributed by atoms with Gasteiger partial charge in [-0.05, 0) is 38.2 Å². The van der Waals surface area contributed by atoms with E-state index in [4.69, 9.17) is 29.4 Å². The highest BCUT2D eigenvalue weighted by molar-refractivity contribution is 6.23. The molecule has 0 radical (unpaired) electrons. The topological polar surface area (TPSA) is 152 Å². The van der Waals surface area contributed by atoms with Crippen LogP contribution in [0.25, 0.3) is 0 Å². The van der Waals surface area contributed by atoms with Crippen LogP contribution in [-0.4, -0.2) is 76.4 Å². The van der Waals surface area contributed by atoms with Crippen LogP contribution in [0.4, 0.5) is 4.79 Å². The Kier molecular flexibility index (Phi) is 12.7. The Morgan fingerprint density at radius 3 is 2.27 bits per heavy atom. The van der Waals surface area contributed by atoms with E-state index in [9.17, 15) is 19.2 Å². The fourth-order valence-corrected chi connectivity index (χ4v) is 5.13. The first-order chi connectivity index (χ1) is 19.4. The Balaban J connectivity index is 2.64. The molecule has 226 valence electrons. The summed E-state index contributed by atoms with van der Waals surface area (Å²) in [6, 6.07) is 0. The molecule has 1 aliphatic heterocycles. The molecular weight excluding hydrogens is 532 g/mol. The molecule has 2 amide bonds. The van der Waals surface area contributed by atoms with Crippen LogP contribution in [0.5, 0.6) is 0 Å². The van der Waals surface area contributed by atoms with E-state index in [1.165, 1.54) is 20.3 Å². The maximum Gasteiger partial charge on any atom is 0.405 e. The quantitative estimate of drug-likeness (QED) is 0.373. The van der Waals surface area contributed by atoms with Crippen molar-refractivity contribution in [2.45, 2.75) is 65.0 Å². The van der Waals surface area contributed by atoms with Crippen LogP contribution in [0.1, 0.15) is 40.5 Å². The minimum Gasteiger partial charge on any atom is -0.492 e. The van der Waals surface area contributed by atoms with Gasteiger partial charge in [-0.15, -0.1) is 0 Å². The number of Topliss-reactive ketones (excluding diaryl/α,β-unsaturated/α-hetero) is 1. The van der Waals surface area contributed by atoms with Gasteiger partial charge in [0, 0.05) is 44.5 Å². The number of primary amides is 1. The summed E-state index contributed by atoms with van der Waals surface area (Å²) < 4.78 is 28.0. The second-order valence-electron chi connectivity index (χ2n) is 10.3. The molecule has 0 aromatic heterocycles. The lowest BCUT2D eigenvalue weighted by atomic mass is 9.85. The molecule has 41 heavy (non-hydrogen) atoms. The minimum atomic E-state index is -0.967. The van der Waals surface area contributed by atoms with Crippen LogP contribution >= 0.6 is 0 Å². The summed E-state index contributed by atoms with van der Waals surface area (Å²) in [6.45, 7) is 7.23. The van der Waals surface area contributed by atoms with Crippen LogP contribution < -0.4 is 11.1 Å². The molecule has 0 spiro atoms. The molecule has 3 N–H and O–H groups in total. The van der Waals surface area contributed by atoms with Gasteiger partial charge in [-0.3, -0.25) is 14.4 Å². The van der Waals surface area contributed by atoms with E-state index < -0.39 is 48.0 Å². The third kappa shape index (κ3) is 8.72. The first-order valence-electron chi connectivity index (χ1n) is 13.3. The summed E-state index contributed by atoms with van der Waals surface area (Å²) >= 11 is 0. The zero-order valence-corrected chi connectivity index (χ0v) is 25.0. The number of rotatable bonds is 5. The van der Waals surface area contributed by atoms with E-state index in [2.05, 4.69) is 5.32 Å². The minimum absolute atomic E-state index is 0.0452. The third-order valence-electron chi connectivity index (χ3n) is 7.18. The lowest BCUT2D eigenvalue weighted by Gasteiger charge is -2.32. The van der Waals surface area contributed by atoms with Crippen molar-refractivity contribution in [1.29, 1.82) is 0 Å². The van der Waals surface area contributed by atoms with E-state index in [1.54, 1.807) is 40.2 Å². The highest BCUT2D eigenvalue weighted by Gasteiger charge is 2.34. The van der Waals surface area contributed by atoms with Gasteiger partial charge in [0.05, 0.1) is 25.0 Å². The second-order valence-corrected chi connectivity index (χ2v) is 10.3. The summed E-state index contributed by atoms with van der Waals surface area (Å²) in [7, 11) is 5.95. The number of hydrogen-bond donors (Lipinski definition) is 2. The van der Waals surface area contributed by atoms with Crippen molar-refractivity contribution in [3.63, 3.8) is 0 Å². The molecule has 0 aromatic rings. The molecule has 0 unspecified atom stereocenters. The summed E-state index contributed by atoms with van der Waals surface area (Å²) in [6.07, 6.45) is 5.00. The predicted octanol–water partition coefficient (Wildman–Crippen LogP) is 3.06. The van der Waals surface area contributed by atoms with Gasteiger partial charge in [-0.1, -0.05) is 38.2 Å². The van der Waals surface area contributed by atoms with Crippen molar-refractivity contribution in [1.82, 2.24) is 5.32 Å². The van der Waals surface area contributed by atoms with Crippen LogP contribution in [0.3, 0.4) is 0 Å².